The Kier molecular flexibility index (Phi) is 5.76. The Bertz CT molecular complexity index is 1000. The van der Waals surface area contributed by atoms with E-state index in [1.807, 2.05) is 34.9 Å². The van der Waals surface area contributed by atoms with Crippen molar-refractivity contribution in [3.63, 3.8) is 0 Å². The summed E-state index contributed by atoms with van der Waals surface area (Å²) in [5.74, 6) is 7.99. The summed E-state index contributed by atoms with van der Waals surface area (Å²) >= 11 is 0. The van der Waals surface area contributed by atoms with Gasteiger partial charge in [-0.15, -0.1) is 0 Å². The zero-order valence-corrected chi connectivity index (χ0v) is 16.3. The molecule has 3 N–H and O–H groups in total. The number of aromatic nitrogens is 3. The fraction of sp³-hybridized carbons (Fsp3) is 0.364. The maximum atomic E-state index is 9.92. The van der Waals surface area contributed by atoms with E-state index in [-0.39, 0.29) is 6.04 Å². The molecule has 29 heavy (non-hydrogen) atoms. The lowest BCUT2D eigenvalue weighted by atomic mass is 10.1. The second-order valence-electron chi connectivity index (χ2n) is 7.14. The monoisotopic (exact) mass is 392 g/mol. The Morgan fingerprint density at radius 2 is 2.17 bits per heavy atom. The second kappa shape index (κ2) is 8.62. The van der Waals surface area contributed by atoms with Crippen LogP contribution in [0.25, 0.3) is 11.3 Å². The molecule has 0 saturated carbocycles. The minimum absolute atomic E-state index is 0.265. The summed E-state index contributed by atoms with van der Waals surface area (Å²) in [5, 5.41) is 14.1. The Morgan fingerprint density at radius 3 is 2.86 bits per heavy atom. The summed E-state index contributed by atoms with van der Waals surface area (Å²) in [6.45, 7) is 3.50. The molecule has 1 aliphatic heterocycles. The molecule has 0 aliphatic carbocycles. The lowest BCUT2D eigenvalue weighted by Gasteiger charge is -2.17. The van der Waals surface area contributed by atoms with Crippen LogP contribution in [-0.2, 0) is 4.74 Å². The molecule has 4 rings (SSSR count). The lowest BCUT2D eigenvalue weighted by molar-refractivity contribution is 0.182. The molecule has 2 aromatic heterocycles. The number of benzene rings is 1. The number of rotatable bonds is 5. The molecule has 0 amide bonds. The first-order valence-electron chi connectivity index (χ1n) is 9.73. The van der Waals surface area contributed by atoms with E-state index in [1.165, 1.54) is 0 Å². The first-order chi connectivity index (χ1) is 14.2. The van der Waals surface area contributed by atoms with Crippen molar-refractivity contribution in [1.29, 1.82) is 0 Å². The zero-order chi connectivity index (χ0) is 20.2. The lowest BCUT2D eigenvalue weighted by Crippen LogP contribution is -2.22. The zero-order valence-electron chi connectivity index (χ0n) is 16.3. The van der Waals surface area contributed by atoms with Crippen molar-refractivity contribution in [2.75, 3.05) is 19.8 Å². The van der Waals surface area contributed by atoms with Crippen molar-refractivity contribution in [3.05, 3.63) is 59.8 Å². The molecule has 0 spiro atoms. The van der Waals surface area contributed by atoms with Crippen LogP contribution in [0.15, 0.2) is 47.2 Å². The van der Waals surface area contributed by atoms with Gasteiger partial charge in [0.1, 0.15) is 17.6 Å². The molecule has 1 aliphatic rings. The van der Waals surface area contributed by atoms with Crippen LogP contribution in [0.3, 0.4) is 0 Å². The predicted octanol–water partition coefficient (Wildman–Crippen LogP) is 2.53. The molecular formula is C22H24N4O3. The van der Waals surface area contributed by atoms with E-state index in [0.29, 0.717) is 29.7 Å². The summed E-state index contributed by atoms with van der Waals surface area (Å²) < 4.78 is 12.7. The van der Waals surface area contributed by atoms with Crippen molar-refractivity contribution in [1.82, 2.24) is 14.7 Å². The summed E-state index contributed by atoms with van der Waals surface area (Å²) in [6.07, 6.45) is 3.73. The SMILES string of the molecule is CC(O)c1nccn1C(CN)c1cc(-c2ccc(C#CC3CCOC3)cc2)on1. The van der Waals surface area contributed by atoms with Gasteiger partial charge in [0.05, 0.1) is 12.6 Å². The second-order valence-corrected chi connectivity index (χ2v) is 7.14. The standard InChI is InChI=1S/C22H24N4O3/c1-15(27)22-24-9-10-26(22)20(13-23)19-12-21(29-25-19)18-6-4-16(5-7-18)2-3-17-8-11-28-14-17/h4-7,9-10,12,15,17,20,27H,8,11,13-14,23H2,1H3. The van der Waals surface area contributed by atoms with Crippen molar-refractivity contribution in [2.45, 2.75) is 25.5 Å². The number of aliphatic hydroxyl groups is 1. The number of ether oxygens (including phenoxy) is 1. The highest BCUT2D eigenvalue weighted by atomic mass is 16.5. The largest absolute Gasteiger partial charge is 0.385 e. The summed E-state index contributed by atoms with van der Waals surface area (Å²) in [5.41, 5.74) is 8.54. The number of nitrogens with two attached hydrogens (primary N) is 1. The first-order valence-corrected chi connectivity index (χ1v) is 9.73. The number of aliphatic hydroxyl groups excluding tert-OH is 1. The van der Waals surface area contributed by atoms with Gasteiger partial charge in [-0.2, -0.15) is 0 Å². The third-order valence-electron chi connectivity index (χ3n) is 5.02. The highest BCUT2D eigenvalue weighted by Crippen LogP contribution is 2.26. The van der Waals surface area contributed by atoms with Crippen molar-refractivity contribution < 1.29 is 14.4 Å². The maximum absolute atomic E-state index is 9.92. The molecule has 0 radical (unpaired) electrons. The van der Waals surface area contributed by atoms with Crippen molar-refractivity contribution in [3.8, 4) is 23.2 Å². The van der Waals surface area contributed by atoms with E-state index in [4.69, 9.17) is 15.0 Å². The normalized spacial score (nSPS) is 18.2. The van der Waals surface area contributed by atoms with Gasteiger partial charge in [-0.25, -0.2) is 4.98 Å². The van der Waals surface area contributed by atoms with Crippen molar-refractivity contribution >= 4 is 0 Å². The van der Waals surface area contributed by atoms with Crippen molar-refractivity contribution in [2.24, 2.45) is 11.7 Å². The Balaban J connectivity index is 1.53. The Labute approximate surface area is 169 Å². The summed E-state index contributed by atoms with van der Waals surface area (Å²) in [4.78, 5) is 4.21. The molecular weight excluding hydrogens is 368 g/mol. The van der Waals surface area contributed by atoms with Gasteiger partial charge in [-0.3, -0.25) is 0 Å². The van der Waals surface area contributed by atoms with Crippen LogP contribution in [0.1, 0.15) is 42.6 Å². The van der Waals surface area contributed by atoms with E-state index in [2.05, 4.69) is 22.0 Å². The quantitative estimate of drug-likeness (QED) is 0.648. The van der Waals surface area contributed by atoms with Gasteiger partial charge in [0.2, 0.25) is 0 Å². The van der Waals surface area contributed by atoms with E-state index in [0.717, 1.165) is 30.8 Å². The van der Waals surface area contributed by atoms with Crippen LogP contribution >= 0.6 is 0 Å². The van der Waals surface area contributed by atoms with Crippen LogP contribution < -0.4 is 5.73 Å². The molecule has 3 unspecified atom stereocenters. The molecule has 1 saturated heterocycles. The summed E-state index contributed by atoms with van der Waals surface area (Å²) in [7, 11) is 0. The molecule has 1 fully saturated rings. The molecule has 150 valence electrons. The van der Waals surface area contributed by atoms with E-state index < -0.39 is 6.10 Å². The van der Waals surface area contributed by atoms with Gasteiger partial charge in [-0.1, -0.05) is 17.0 Å². The topological polar surface area (TPSA) is 99.3 Å². The highest BCUT2D eigenvalue weighted by Gasteiger charge is 2.21. The van der Waals surface area contributed by atoms with Crippen LogP contribution in [0, 0.1) is 17.8 Å². The van der Waals surface area contributed by atoms with E-state index in [9.17, 15) is 5.11 Å². The number of hydrogen-bond acceptors (Lipinski definition) is 6. The summed E-state index contributed by atoms with van der Waals surface area (Å²) in [6, 6.07) is 9.49. The van der Waals surface area contributed by atoms with Gasteiger partial charge in [0.15, 0.2) is 5.76 Å². The average molecular weight is 392 g/mol. The number of imidazole rings is 1. The first kappa shape index (κ1) is 19.4. The van der Waals surface area contributed by atoms with Crippen LogP contribution in [0.5, 0.6) is 0 Å². The molecule has 1 aromatic carbocycles. The van der Waals surface area contributed by atoms with E-state index >= 15 is 0 Å². The van der Waals surface area contributed by atoms with Crippen LogP contribution in [0.2, 0.25) is 0 Å². The molecule has 0 bridgehead atoms. The number of nitrogens with zero attached hydrogens (tertiary/aromatic N) is 3. The third kappa shape index (κ3) is 4.25. The minimum Gasteiger partial charge on any atom is -0.385 e. The molecule has 3 aromatic rings. The third-order valence-corrected chi connectivity index (χ3v) is 5.02. The van der Waals surface area contributed by atoms with Crippen LogP contribution in [0.4, 0.5) is 0 Å². The predicted molar refractivity (Wildman–Crippen MR) is 108 cm³/mol. The van der Waals surface area contributed by atoms with Crippen LogP contribution in [-0.4, -0.2) is 39.6 Å². The highest BCUT2D eigenvalue weighted by molar-refractivity contribution is 5.59. The van der Waals surface area contributed by atoms with Gasteiger partial charge in [0.25, 0.3) is 0 Å². The maximum Gasteiger partial charge on any atom is 0.167 e. The Hall–Kier alpha value is -2.92. The molecule has 3 heterocycles. The van der Waals surface area contributed by atoms with Gasteiger partial charge in [0, 0.05) is 48.7 Å². The van der Waals surface area contributed by atoms with Gasteiger partial charge < -0.3 is 24.7 Å². The molecule has 7 heteroatoms. The van der Waals surface area contributed by atoms with Gasteiger partial charge >= 0.3 is 0 Å². The Morgan fingerprint density at radius 1 is 1.34 bits per heavy atom. The van der Waals surface area contributed by atoms with E-state index in [1.54, 1.807) is 19.3 Å². The minimum atomic E-state index is -0.699. The fourth-order valence-corrected chi connectivity index (χ4v) is 3.42. The fourth-order valence-electron chi connectivity index (χ4n) is 3.42. The number of hydrogen-bond donors (Lipinski definition) is 2. The van der Waals surface area contributed by atoms with Gasteiger partial charge in [-0.05, 0) is 37.6 Å². The molecule has 3 atom stereocenters. The smallest absolute Gasteiger partial charge is 0.167 e. The average Bonchev–Trinajstić information content (AvgIpc) is 3.49. The molecule has 7 nitrogen and oxygen atoms in total.